The van der Waals surface area contributed by atoms with E-state index in [9.17, 15) is 4.79 Å². The Morgan fingerprint density at radius 3 is 2.68 bits per heavy atom. The topological polar surface area (TPSA) is 42.4 Å². The van der Waals surface area contributed by atoms with E-state index in [2.05, 4.69) is 40.8 Å². The molecule has 0 amide bonds. The molecular weight excluding hydrogens is 256 g/mol. The fourth-order valence-corrected chi connectivity index (χ4v) is 1.80. The highest BCUT2D eigenvalue weighted by Gasteiger charge is 2.09. The molecule has 102 valence electrons. The van der Waals surface area contributed by atoms with E-state index < -0.39 is 8.07 Å². The molecule has 0 aliphatic heterocycles. The summed E-state index contributed by atoms with van der Waals surface area (Å²) in [5.41, 5.74) is 4.01. The van der Waals surface area contributed by atoms with E-state index in [0.717, 1.165) is 5.69 Å². The molecule has 0 saturated heterocycles. The third-order valence-corrected chi connectivity index (χ3v) is 3.16. The van der Waals surface area contributed by atoms with Crippen LogP contribution in [0.3, 0.4) is 0 Å². The summed E-state index contributed by atoms with van der Waals surface area (Å²) in [6.45, 7) is 6.74. The Hall–Kier alpha value is -1.80. The molecule has 1 aromatic heterocycles. The van der Waals surface area contributed by atoms with Gasteiger partial charge < -0.3 is 9.64 Å². The first-order chi connectivity index (χ1) is 8.81. The zero-order chi connectivity index (χ0) is 14.5. The van der Waals surface area contributed by atoms with Crippen molar-refractivity contribution in [1.82, 2.24) is 4.98 Å². The number of nitrogens with zero attached hydrogens (tertiary/aromatic N) is 2. The molecule has 0 aliphatic carbocycles. The normalized spacial score (nSPS) is 10.4. The number of methoxy groups -OCH3 is 1. The molecule has 5 heteroatoms. The van der Waals surface area contributed by atoms with Crippen LogP contribution in [0.15, 0.2) is 18.2 Å². The molecule has 0 spiro atoms. The number of rotatable bonds is 3. The van der Waals surface area contributed by atoms with E-state index >= 15 is 0 Å². The average Bonchev–Trinajstić information content (AvgIpc) is 2.35. The minimum atomic E-state index is -1.41. The molecule has 0 atom stereocenters. The number of hydrogen-bond donors (Lipinski definition) is 0. The summed E-state index contributed by atoms with van der Waals surface area (Å²) in [6, 6.07) is 5.62. The van der Waals surface area contributed by atoms with Crippen molar-refractivity contribution in [3.8, 4) is 11.5 Å². The number of anilines is 1. The van der Waals surface area contributed by atoms with Gasteiger partial charge in [0.2, 0.25) is 0 Å². The third kappa shape index (κ3) is 5.58. The lowest BCUT2D eigenvalue weighted by atomic mass is 10.3. The highest BCUT2D eigenvalue weighted by molar-refractivity contribution is 6.83. The summed E-state index contributed by atoms with van der Waals surface area (Å²) in [6.07, 6.45) is 0. The molecule has 4 nitrogen and oxygen atoms in total. The molecule has 0 N–H and O–H groups in total. The van der Waals surface area contributed by atoms with Crippen LogP contribution in [0.2, 0.25) is 19.6 Å². The first-order valence-electron chi connectivity index (χ1n) is 6.10. The fraction of sp³-hybridized carbons (Fsp3) is 0.429. The van der Waals surface area contributed by atoms with Gasteiger partial charge in [-0.05, 0) is 12.1 Å². The average molecular weight is 276 g/mol. The quantitative estimate of drug-likeness (QED) is 0.480. The van der Waals surface area contributed by atoms with Crippen molar-refractivity contribution < 1.29 is 9.53 Å². The van der Waals surface area contributed by atoms with Crippen molar-refractivity contribution in [3.63, 3.8) is 0 Å². The van der Waals surface area contributed by atoms with Gasteiger partial charge in [0.05, 0.1) is 7.11 Å². The number of ether oxygens (including phenoxy) is 1. The smallest absolute Gasteiger partial charge is 0.325 e. The zero-order valence-corrected chi connectivity index (χ0v) is 13.2. The first kappa shape index (κ1) is 15.3. The highest BCUT2D eigenvalue weighted by Crippen LogP contribution is 2.09. The lowest BCUT2D eigenvalue weighted by Gasteiger charge is -2.16. The summed E-state index contributed by atoms with van der Waals surface area (Å²) in [7, 11) is 1.77. The molecule has 0 aromatic carbocycles. The SMILES string of the molecule is COC(=O)CN(C)c1cccc(C#C[Si](C)(C)C)n1. The van der Waals surface area contributed by atoms with Gasteiger partial charge in [0, 0.05) is 7.05 Å². The van der Waals surface area contributed by atoms with Crippen LogP contribution in [0, 0.1) is 11.5 Å². The van der Waals surface area contributed by atoms with Crippen molar-refractivity contribution in [2.75, 3.05) is 25.6 Å². The monoisotopic (exact) mass is 276 g/mol. The maximum absolute atomic E-state index is 11.2. The number of esters is 1. The first-order valence-corrected chi connectivity index (χ1v) is 9.60. The standard InChI is InChI=1S/C14H20N2O2Si/c1-16(11-14(17)18-2)13-8-6-7-12(15-13)9-10-19(3,4)5/h6-8H,11H2,1-5H3. The predicted octanol–water partition coefficient (Wildman–Crippen LogP) is 1.92. The predicted molar refractivity (Wildman–Crippen MR) is 79.7 cm³/mol. The molecule has 1 rings (SSSR count). The Balaban J connectivity index is 2.87. The van der Waals surface area contributed by atoms with Gasteiger partial charge in [-0.1, -0.05) is 31.6 Å². The Morgan fingerprint density at radius 1 is 1.42 bits per heavy atom. The lowest BCUT2D eigenvalue weighted by molar-refractivity contribution is -0.138. The molecule has 1 heterocycles. The second-order valence-corrected chi connectivity index (χ2v) is 10.1. The van der Waals surface area contributed by atoms with Gasteiger partial charge in [-0.15, -0.1) is 5.54 Å². The molecule has 0 bridgehead atoms. The molecule has 0 saturated carbocycles. The highest BCUT2D eigenvalue weighted by atomic mass is 28.3. The lowest BCUT2D eigenvalue weighted by Crippen LogP contribution is -2.27. The minimum absolute atomic E-state index is 0.175. The minimum Gasteiger partial charge on any atom is -0.468 e. The third-order valence-electron chi connectivity index (χ3n) is 2.29. The van der Waals surface area contributed by atoms with Crippen molar-refractivity contribution in [3.05, 3.63) is 23.9 Å². The van der Waals surface area contributed by atoms with Crippen molar-refractivity contribution in [1.29, 1.82) is 0 Å². The van der Waals surface area contributed by atoms with Gasteiger partial charge in [0.25, 0.3) is 0 Å². The second kappa shape index (κ2) is 6.39. The Morgan fingerprint density at radius 2 is 2.11 bits per heavy atom. The van der Waals surface area contributed by atoms with Crippen LogP contribution >= 0.6 is 0 Å². The number of aromatic nitrogens is 1. The molecule has 0 aliphatic rings. The second-order valence-electron chi connectivity index (χ2n) is 5.31. The number of carbonyl (C=O) groups excluding carboxylic acids is 1. The molecular formula is C14H20N2O2Si. The van der Waals surface area contributed by atoms with E-state index in [1.54, 1.807) is 11.9 Å². The summed E-state index contributed by atoms with van der Waals surface area (Å²) in [4.78, 5) is 17.4. The number of carbonyl (C=O) groups is 1. The molecule has 0 fully saturated rings. The van der Waals surface area contributed by atoms with E-state index in [1.165, 1.54) is 7.11 Å². The zero-order valence-electron chi connectivity index (χ0n) is 12.2. The largest absolute Gasteiger partial charge is 0.468 e. The van der Waals surface area contributed by atoms with Crippen LogP contribution in [0.4, 0.5) is 5.82 Å². The maximum Gasteiger partial charge on any atom is 0.325 e. The fourth-order valence-electron chi connectivity index (χ4n) is 1.30. The molecule has 1 aromatic rings. The van der Waals surface area contributed by atoms with Crippen LogP contribution < -0.4 is 4.90 Å². The van der Waals surface area contributed by atoms with Crippen LogP contribution in [0.25, 0.3) is 0 Å². The maximum atomic E-state index is 11.2. The van der Waals surface area contributed by atoms with Crippen molar-refractivity contribution >= 4 is 19.9 Å². The van der Waals surface area contributed by atoms with E-state index in [4.69, 9.17) is 0 Å². The van der Waals surface area contributed by atoms with Crippen LogP contribution in [0.1, 0.15) is 5.69 Å². The Labute approximate surface area is 115 Å². The molecule has 0 unspecified atom stereocenters. The Kier molecular flexibility index (Phi) is 5.13. The van der Waals surface area contributed by atoms with Gasteiger partial charge in [-0.3, -0.25) is 4.79 Å². The van der Waals surface area contributed by atoms with Crippen LogP contribution in [-0.2, 0) is 9.53 Å². The van der Waals surface area contributed by atoms with Crippen molar-refractivity contribution in [2.24, 2.45) is 0 Å². The van der Waals surface area contributed by atoms with Gasteiger partial charge in [0.15, 0.2) is 0 Å². The van der Waals surface area contributed by atoms with E-state index in [1.807, 2.05) is 18.2 Å². The number of pyridine rings is 1. The van der Waals surface area contributed by atoms with E-state index in [-0.39, 0.29) is 12.5 Å². The molecule has 19 heavy (non-hydrogen) atoms. The number of hydrogen-bond acceptors (Lipinski definition) is 4. The van der Waals surface area contributed by atoms with Gasteiger partial charge in [0.1, 0.15) is 26.1 Å². The van der Waals surface area contributed by atoms with E-state index in [0.29, 0.717) is 5.82 Å². The molecule has 0 radical (unpaired) electrons. The van der Waals surface area contributed by atoms with Gasteiger partial charge in [-0.2, -0.15) is 0 Å². The Bertz CT molecular complexity index is 512. The summed E-state index contributed by atoms with van der Waals surface area (Å²) >= 11 is 0. The number of likely N-dealkylation sites (N-methyl/N-ethyl adjacent to an activating group) is 1. The summed E-state index contributed by atoms with van der Waals surface area (Å²) in [5, 5.41) is 0. The van der Waals surface area contributed by atoms with Crippen molar-refractivity contribution in [2.45, 2.75) is 19.6 Å². The summed E-state index contributed by atoms with van der Waals surface area (Å²) in [5.74, 6) is 3.53. The van der Waals surface area contributed by atoms with Crippen LogP contribution in [-0.4, -0.2) is 39.7 Å². The van der Waals surface area contributed by atoms with Gasteiger partial charge in [-0.25, -0.2) is 4.98 Å². The van der Waals surface area contributed by atoms with Crippen LogP contribution in [0.5, 0.6) is 0 Å². The van der Waals surface area contributed by atoms with Gasteiger partial charge >= 0.3 is 5.97 Å². The summed E-state index contributed by atoms with van der Waals surface area (Å²) < 4.78 is 4.63.